The topological polar surface area (TPSA) is 69.3 Å². The molecule has 3 rings (SSSR count). The first-order chi connectivity index (χ1) is 18.7. The Morgan fingerprint density at radius 3 is 2.62 bits per heavy atom. The second-order valence-corrected chi connectivity index (χ2v) is 12.9. The van der Waals surface area contributed by atoms with Crippen LogP contribution >= 0.6 is 11.8 Å². The number of allylic oxidation sites excluding steroid dienone is 1. The molecular weight excluding hydrogens is 502 g/mol. The van der Waals surface area contributed by atoms with Crippen molar-refractivity contribution in [2.24, 2.45) is 11.3 Å². The highest BCUT2D eigenvalue weighted by molar-refractivity contribution is 8.08. The monoisotopic (exact) mass is 551 g/mol. The molecule has 6 nitrogen and oxygen atoms in total. The molecule has 0 radical (unpaired) electrons. The van der Waals surface area contributed by atoms with Gasteiger partial charge in [0.1, 0.15) is 0 Å². The summed E-state index contributed by atoms with van der Waals surface area (Å²) < 4.78 is 0. The van der Waals surface area contributed by atoms with E-state index in [-0.39, 0.29) is 17.1 Å². The van der Waals surface area contributed by atoms with Gasteiger partial charge in [-0.3, -0.25) is 9.78 Å². The Balaban J connectivity index is 1.84. The first kappa shape index (κ1) is 31.2. The molecule has 7 heteroatoms. The number of pyridine rings is 1. The molecule has 0 bridgehead atoms. The molecule has 1 aromatic carbocycles. The number of rotatable bonds is 12. The van der Waals surface area contributed by atoms with Gasteiger partial charge in [-0.2, -0.15) is 0 Å². The van der Waals surface area contributed by atoms with Crippen molar-refractivity contribution in [3.8, 4) is 0 Å². The standard InChI is InChI=1S/C32H49N5OS/c1-8-24-19-23(2)28(36-34-7)26(20-24)14-18-39-31(27-11-9-15-35-21-27)29(33-6)30(38)25-12-10-16-37(17-13-25)22-32(3,4)5/h9,11,15,19-21,25,33-34,36H,8,10,12-14,16-18,22H2,1-7H3/b31-29-. The van der Waals surface area contributed by atoms with E-state index in [0.717, 1.165) is 79.3 Å². The summed E-state index contributed by atoms with van der Waals surface area (Å²) in [6, 6.07) is 8.57. The molecule has 1 fully saturated rings. The fourth-order valence-electron chi connectivity index (χ4n) is 5.51. The number of carbonyl (C=O) groups excluding carboxylic acids is 1. The molecule has 2 heterocycles. The van der Waals surface area contributed by atoms with E-state index in [1.165, 1.54) is 16.7 Å². The number of ketones is 1. The van der Waals surface area contributed by atoms with E-state index < -0.39 is 0 Å². The first-order valence-corrected chi connectivity index (χ1v) is 15.4. The number of hydrazine groups is 1. The first-order valence-electron chi connectivity index (χ1n) is 14.4. The van der Waals surface area contributed by atoms with Crippen LogP contribution < -0.4 is 16.2 Å². The van der Waals surface area contributed by atoms with E-state index in [4.69, 9.17) is 0 Å². The number of Topliss-reactive ketones (excluding diaryl/α,β-unsaturated/α-hetero) is 1. The van der Waals surface area contributed by atoms with Crippen LogP contribution in [0.4, 0.5) is 5.69 Å². The summed E-state index contributed by atoms with van der Waals surface area (Å²) in [7, 11) is 3.78. The lowest BCUT2D eigenvalue weighted by Crippen LogP contribution is -2.34. The Labute approximate surface area is 240 Å². The normalized spacial score (nSPS) is 17.4. The maximum Gasteiger partial charge on any atom is 0.182 e. The average molecular weight is 552 g/mol. The van der Waals surface area contributed by atoms with Gasteiger partial charge < -0.3 is 15.6 Å². The molecule has 0 aliphatic carbocycles. The smallest absolute Gasteiger partial charge is 0.182 e. The van der Waals surface area contributed by atoms with Crippen LogP contribution in [0.1, 0.15) is 69.2 Å². The van der Waals surface area contributed by atoms with Crippen LogP contribution in [0.25, 0.3) is 4.91 Å². The number of anilines is 1. The third-order valence-corrected chi connectivity index (χ3v) is 8.43. The molecule has 2 aromatic rings. The summed E-state index contributed by atoms with van der Waals surface area (Å²) in [5.74, 6) is 1.14. The van der Waals surface area contributed by atoms with Crippen molar-refractivity contribution in [2.75, 3.05) is 44.9 Å². The zero-order valence-corrected chi connectivity index (χ0v) is 25.9. The summed E-state index contributed by atoms with van der Waals surface area (Å²) >= 11 is 1.75. The lowest BCUT2D eigenvalue weighted by molar-refractivity contribution is -0.119. The lowest BCUT2D eigenvalue weighted by Gasteiger charge is -2.28. The van der Waals surface area contributed by atoms with Crippen molar-refractivity contribution in [3.05, 3.63) is 64.6 Å². The predicted octanol–water partition coefficient (Wildman–Crippen LogP) is 6.08. The van der Waals surface area contributed by atoms with Crippen molar-refractivity contribution >= 4 is 28.1 Å². The van der Waals surface area contributed by atoms with Crippen LogP contribution in [0.3, 0.4) is 0 Å². The minimum Gasteiger partial charge on any atom is -0.384 e. The zero-order valence-electron chi connectivity index (χ0n) is 25.1. The number of hydrogen-bond acceptors (Lipinski definition) is 7. The number of benzene rings is 1. The Morgan fingerprint density at radius 1 is 1.18 bits per heavy atom. The molecule has 1 aliphatic heterocycles. The molecule has 0 saturated carbocycles. The van der Waals surface area contributed by atoms with Gasteiger partial charge in [-0.25, -0.2) is 5.43 Å². The maximum absolute atomic E-state index is 14.0. The van der Waals surface area contributed by atoms with Gasteiger partial charge in [-0.15, -0.1) is 11.8 Å². The highest BCUT2D eigenvalue weighted by Crippen LogP contribution is 2.34. The largest absolute Gasteiger partial charge is 0.384 e. The minimum absolute atomic E-state index is 0.0417. The van der Waals surface area contributed by atoms with Gasteiger partial charge in [-0.05, 0) is 80.3 Å². The number of aromatic nitrogens is 1. The number of likely N-dealkylation sites (tertiary alicyclic amines) is 1. The Morgan fingerprint density at radius 2 is 1.97 bits per heavy atom. The lowest BCUT2D eigenvalue weighted by atomic mass is 9.93. The van der Waals surface area contributed by atoms with Gasteiger partial charge in [0.05, 0.1) is 11.4 Å². The van der Waals surface area contributed by atoms with E-state index in [2.05, 4.69) is 78.9 Å². The van der Waals surface area contributed by atoms with E-state index in [0.29, 0.717) is 0 Å². The second kappa shape index (κ2) is 14.9. The van der Waals surface area contributed by atoms with Gasteiger partial charge in [0.25, 0.3) is 0 Å². The van der Waals surface area contributed by atoms with E-state index in [9.17, 15) is 4.79 Å². The Kier molecular flexibility index (Phi) is 11.9. The summed E-state index contributed by atoms with van der Waals surface area (Å²) in [5, 5.41) is 3.32. The van der Waals surface area contributed by atoms with E-state index in [1.54, 1.807) is 18.0 Å². The van der Waals surface area contributed by atoms with Crippen molar-refractivity contribution in [3.63, 3.8) is 0 Å². The molecule has 0 spiro atoms. The van der Waals surface area contributed by atoms with Gasteiger partial charge in [0, 0.05) is 55.2 Å². The van der Waals surface area contributed by atoms with Crippen molar-refractivity contribution in [1.29, 1.82) is 0 Å². The van der Waals surface area contributed by atoms with Crippen LogP contribution in [0.2, 0.25) is 0 Å². The fourth-order valence-corrected chi connectivity index (χ4v) is 6.67. The number of hydrogen-bond donors (Lipinski definition) is 3. The average Bonchev–Trinajstić information content (AvgIpc) is 3.14. The third kappa shape index (κ3) is 9.09. The van der Waals surface area contributed by atoms with E-state index >= 15 is 0 Å². The highest BCUT2D eigenvalue weighted by atomic mass is 32.2. The summed E-state index contributed by atoms with van der Waals surface area (Å²) in [5.41, 5.74) is 13.4. The molecule has 3 N–H and O–H groups in total. The summed E-state index contributed by atoms with van der Waals surface area (Å²) in [4.78, 5) is 21.9. The van der Waals surface area contributed by atoms with Gasteiger partial charge in [0.2, 0.25) is 0 Å². The maximum atomic E-state index is 14.0. The van der Waals surface area contributed by atoms with Gasteiger partial charge in [-0.1, -0.05) is 45.9 Å². The molecular formula is C32H49N5OS. The number of likely N-dealkylation sites (N-methyl/N-ethyl adjacent to an activating group) is 1. The number of nitrogens with one attached hydrogen (secondary N) is 3. The Hall–Kier alpha value is -2.35. The third-order valence-electron chi connectivity index (χ3n) is 7.29. The molecule has 1 aliphatic rings. The minimum atomic E-state index is 0.0417. The van der Waals surface area contributed by atoms with Crippen LogP contribution in [0.15, 0.2) is 42.4 Å². The zero-order chi connectivity index (χ0) is 28.4. The van der Waals surface area contributed by atoms with Gasteiger partial charge in [0.15, 0.2) is 5.78 Å². The van der Waals surface area contributed by atoms with Crippen molar-refractivity contribution in [2.45, 2.75) is 66.7 Å². The van der Waals surface area contributed by atoms with Crippen LogP contribution in [-0.2, 0) is 17.6 Å². The van der Waals surface area contributed by atoms with Gasteiger partial charge >= 0.3 is 0 Å². The van der Waals surface area contributed by atoms with Crippen molar-refractivity contribution in [1.82, 2.24) is 20.6 Å². The van der Waals surface area contributed by atoms with Crippen LogP contribution in [0.5, 0.6) is 0 Å². The SMILES string of the molecule is CCc1cc(C)c(NNC)c(CCS/C(=C(\NC)C(=O)C2CCCN(CC(C)(C)C)CC2)c2cccnc2)c1. The summed E-state index contributed by atoms with van der Waals surface area (Å²) in [6.07, 6.45) is 8.48. The number of nitrogens with zero attached hydrogens (tertiary/aromatic N) is 2. The van der Waals surface area contributed by atoms with Crippen LogP contribution in [-0.4, -0.2) is 55.1 Å². The van der Waals surface area contributed by atoms with Crippen LogP contribution in [0, 0.1) is 18.3 Å². The number of carbonyl (C=O) groups is 1. The predicted molar refractivity (Wildman–Crippen MR) is 168 cm³/mol. The molecule has 1 unspecified atom stereocenters. The Bertz CT molecular complexity index is 1110. The van der Waals surface area contributed by atoms with E-state index in [1.807, 2.05) is 26.4 Å². The quantitative estimate of drug-likeness (QED) is 0.218. The fraction of sp³-hybridized carbons (Fsp3) is 0.562. The molecule has 0 amide bonds. The number of aryl methyl sites for hydroxylation is 3. The molecule has 214 valence electrons. The highest BCUT2D eigenvalue weighted by Gasteiger charge is 2.28. The molecule has 1 saturated heterocycles. The molecule has 39 heavy (non-hydrogen) atoms. The van der Waals surface area contributed by atoms with Crippen molar-refractivity contribution < 1.29 is 4.79 Å². The molecule has 1 atom stereocenters. The number of thioether (sulfide) groups is 1. The molecule has 1 aromatic heterocycles. The summed E-state index contributed by atoms with van der Waals surface area (Å²) in [6.45, 7) is 14.3. The second-order valence-electron chi connectivity index (χ2n) is 11.8.